The van der Waals surface area contributed by atoms with Crippen molar-refractivity contribution in [2.75, 3.05) is 20.2 Å². The van der Waals surface area contributed by atoms with Crippen molar-refractivity contribution in [1.29, 1.82) is 0 Å². The molecule has 2 saturated heterocycles. The van der Waals surface area contributed by atoms with Crippen molar-refractivity contribution in [3.8, 4) is 17.0 Å². The van der Waals surface area contributed by atoms with Gasteiger partial charge in [0.2, 0.25) is 0 Å². The van der Waals surface area contributed by atoms with Crippen LogP contribution in [0.15, 0.2) is 72.9 Å². The summed E-state index contributed by atoms with van der Waals surface area (Å²) in [5.74, 6) is 0.682. The van der Waals surface area contributed by atoms with Gasteiger partial charge in [0.05, 0.1) is 24.1 Å². The summed E-state index contributed by atoms with van der Waals surface area (Å²) in [5.41, 5.74) is 4.79. The topological polar surface area (TPSA) is 50.1 Å². The first-order chi connectivity index (χ1) is 17.1. The number of benzene rings is 2. The molecule has 4 heterocycles. The number of imidazole rings is 1. The van der Waals surface area contributed by atoms with Crippen LogP contribution in [0, 0.1) is 0 Å². The van der Waals surface area contributed by atoms with Crippen molar-refractivity contribution in [1.82, 2.24) is 19.2 Å². The Morgan fingerprint density at radius 2 is 1.71 bits per heavy atom. The summed E-state index contributed by atoms with van der Waals surface area (Å²) in [6.07, 6.45) is 4.27. The van der Waals surface area contributed by atoms with Crippen LogP contribution in [-0.2, 0) is 6.54 Å². The van der Waals surface area contributed by atoms with E-state index < -0.39 is 0 Å². The van der Waals surface area contributed by atoms with Gasteiger partial charge in [-0.05, 0) is 49.2 Å². The second-order valence-corrected chi connectivity index (χ2v) is 9.75. The van der Waals surface area contributed by atoms with Gasteiger partial charge in [0.1, 0.15) is 11.4 Å². The zero-order chi connectivity index (χ0) is 23.9. The van der Waals surface area contributed by atoms with Gasteiger partial charge in [0, 0.05) is 48.5 Å². The first kappa shape index (κ1) is 22.1. The lowest BCUT2D eigenvalue weighted by Gasteiger charge is -2.41. The summed E-state index contributed by atoms with van der Waals surface area (Å²) >= 11 is 6.15. The zero-order valence-electron chi connectivity index (χ0n) is 19.6. The number of para-hydroxylation sites is 1. The van der Waals surface area contributed by atoms with E-state index in [-0.39, 0.29) is 5.91 Å². The maximum Gasteiger partial charge on any atom is 0.257 e. The highest BCUT2D eigenvalue weighted by molar-refractivity contribution is 6.30. The lowest BCUT2D eigenvalue weighted by Crippen LogP contribution is -2.55. The molecule has 6 rings (SSSR count). The smallest absolute Gasteiger partial charge is 0.257 e. The third-order valence-electron chi connectivity index (χ3n) is 7.34. The Bertz CT molecular complexity index is 1370. The van der Waals surface area contributed by atoms with Gasteiger partial charge in [0.25, 0.3) is 5.91 Å². The van der Waals surface area contributed by atoms with Gasteiger partial charge in [-0.25, -0.2) is 4.98 Å². The zero-order valence-corrected chi connectivity index (χ0v) is 20.4. The van der Waals surface area contributed by atoms with Crippen LogP contribution >= 0.6 is 11.6 Å². The largest absolute Gasteiger partial charge is 0.496 e. The molecular formula is C28H27ClN4O2. The van der Waals surface area contributed by atoms with E-state index in [0.717, 1.165) is 49.4 Å². The molecule has 1 amide bonds. The number of ether oxygens (including phenoxy) is 1. The number of nitrogens with zero attached hydrogens (tertiary/aromatic N) is 4. The van der Waals surface area contributed by atoms with Crippen LogP contribution in [0.3, 0.4) is 0 Å². The maximum absolute atomic E-state index is 13.4. The van der Waals surface area contributed by atoms with Crippen molar-refractivity contribution in [2.24, 2.45) is 0 Å². The average Bonchev–Trinajstić information content (AvgIpc) is 3.36. The van der Waals surface area contributed by atoms with Gasteiger partial charge in [0.15, 0.2) is 0 Å². The molecular weight excluding hydrogens is 460 g/mol. The first-order valence-corrected chi connectivity index (χ1v) is 12.4. The fraction of sp³-hybridized carbons (Fsp3) is 0.286. The van der Waals surface area contributed by atoms with Crippen LogP contribution in [0.4, 0.5) is 0 Å². The number of methoxy groups -OCH3 is 1. The van der Waals surface area contributed by atoms with E-state index in [0.29, 0.717) is 28.4 Å². The Morgan fingerprint density at radius 1 is 1.00 bits per heavy atom. The van der Waals surface area contributed by atoms with Gasteiger partial charge in [-0.2, -0.15) is 0 Å². The highest BCUT2D eigenvalue weighted by Crippen LogP contribution is 2.35. The fourth-order valence-electron chi connectivity index (χ4n) is 5.62. The third-order valence-corrected chi connectivity index (χ3v) is 7.59. The number of fused-ring (bicyclic) bond motifs is 3. The lowest BCUT2D eigenvalue weighted by molar-refractivity contribution is 0.0417. The Labute approximate surface area is 209 Å². The van der Waals surface area contributed by atoms with Gasteiger partial charge in [-0.1, -0.05) is 41.9 Å². The van der Waals surface area contributed by atoms with Crippen molar-refractivity contribution < 1.29 is 9.53 Å². The van der Waals surface area contributed by atoms with Gasteiger partial charge >= 0.3 is 0 Å². The number of carbonyl (C=O) groups excluding carboxylic acids is 1. The average molecular weight is 487 g/mol. The highest BCUT2D eigenvalue weighted by atomic mass is 35.5. The molecule has 35 heavy (non-hydrogen) atoms. The minimum absolute atomic E-state index is 0.0515. The van der Waals surface area contributed by atoms with Crippen molar-refractivity contribution in [3.05, 3.63) is 89.2 Å². The van der Waals surface area contributed by atoms with Crippen LogP contribution in [-0.4, -0.2) is 57.4 Å². The summed E-state index contributed by atoms with van der Waals surface area (Å²) in [4.78, 5) is 22.9. The quantitative estimate of drug-likeness (QED) is 0.391. The van der Waals surface area contributed by atoms with E-state index in [2.05, 4.69) is 15.5 Å². The number of hydrogen-bond donors (Lipinski definition) is 0. The number of halogens is 1. The predicted molar refractivity (Wildman–Crippen MR) is 137 cm³/mol. The molecule has 0 saturated carbocycles. The van der Waals surface area contributed by atoms with Gasteiger partial charge in [-0.3, -0.25) is 9.69 Å². The molecule has 2 aliphatic heterocycles. The minimum Gasteiger partial charge on any atom is -0.496 e. The fourth-order valence-corrected chi connectivity index (χ4v) is 5.74. The summed E-state index contributed by atoms with van der Waals surface area (Å²) in [7, 11) is 1.61. The monoisotopic (exact) mass is 486 g/mol. The standard InChI is InChI=1S/C28H27ClN4O2/c1-35-25-7-3-2-6-23(25)28(34)31-16-21-13-14-22(17-31)33(21)18-24-27(19-9-11-20(29)12-10-19)30-26-8-4-5-15-32(24)26/h2-12,15,21-22H,13-14,16-18H2,1H3. The molecule has 6 nitrogen and oxygen atoms in total. The number of amides is 1. The van der Waals surface area contributed by atoms with Crippen LogP contribution in [0.25, 0.3) is 16.9 Å². The predicted octanol–water partition coefficient (Wildman–Crippen LogP) is 5.15. The van der Waals surface area contributed by atoms with Crippen molar-refractivity contribution in [3.63, 3.8) is 0 Å². The van der Waals surface area contributed by atoms with Crippen molar-refractivity contribution in [2.45, 2.75) is 31.5 Å². The highest BCUT2D eigenvalue weighted by Gasteiger charge is 2.42. The summed E-state index contributed by atoms with van der Waals surface area (Å²) in [6.45, 7) is 2.23. The van der Waals surface area contributed by atoms with E-state index in [4.69, 9.17) is 21.3 Å². The maximum atomic E-state index is 13.4. The number of pyridine rings is 1. The van der Waals surface area contributed by atoms with E-state index in [1.807, 2.05) is 71.6 Å². The minimum atomic E-state index is 0.0515. The van der Waals surface area contributed by atoms with E-state index in [1.54, 1.807) is 7.11 Å². The molecule has 0 spiro atoms. The summed E-state index contributed by atoms with van der Waals surface area (Å²) in [5, 5.41) is 0.716. The number of likely N-dealkylation sites (tertiary alicyclic amines) is 1. The summed E-state index contributed by atoms with van der Waals surface area (Å²) in [6, 6.07) is 22.1. The number of aromatic nitrogens is 2. The number of hydrogen-bond acceptors (Lipinski definition) is 4. The summed E-state index contributed by atoms with van der Waals surface area (Å²) < 4.78 is 7.64. The molecule has 0 N–H and O–H groups in total. The molecule has 178 valence electrons. The second-order valence-electron chi connectivity index (χ2n) is 9.31. The molecule has 2 unspecified atom stereocenters. The molecule has 2 aromatic carbocycles. The second kappa shape index (κ2) is 9.02. The molecule has 2 bridgehead atoms. The van der Waals surface area contributed by atoms with Gasteiger partial charge in [-0.15, -0.1) is 0 Å². The van der Waals surface area contributed by atoms with Crippen LogP contribution in [0.1, 0.15) is 28.9 Å². The van der Waals surface area contributed by atoms with E-state index in [1.165, 1.54) is 5.69 Å². The van der Waals surface area contributed by atoms with Crippen LogP contribution in [0.2, 0.25) is 5.02 Å². The van der Waals surface area contributed by atoms with E-state index in [9.17, 15) is 4.79 Å². The molecule has 0 radical (unpaired) electrons. The Morgan fingerprint density at radius 3 is 2.46 bits per heavy atom. The van der Waals surface area contributed by atoms with Crippen LogP contribution in [0.5, 0.6) is 5.75 Å². The number of carbonyl (C=O) groups is 1. The van der Waals surface area contributed by atoms with Crippen molar-refractivity contribution >= 4 is 23.2 Å². The van der Waals surface area contributed by atoms with E-state index >= 15 is 0 Å². The Balaban J connectivity index is 1.29. The Kier molecular flexibility index (Phi) is 5.71. The molecule has 2 aromatic heterocycles. The molecule has 4 aromatic rings. The lowest BCUT2D eigenvalue weighted by atomic mass is 10.1. The van der Waals surface area contributed by atoms with Gasteiger partial charge < -0.3 is 14.0 Å². The molecule has 0 aliphatic carbocycles. The first-order valence-electron chi connectivity index (χ1n) is 12.0. The third kappa shape index (κ3) is 3.97. The number of piperazine rings is 1. The SMILES string of the molecule is COc1ccccc1C(=O)N1CC2CCC(C1)N2Cc1c(-c2ccc(Cl)cc2)nc2ccccn12. The molecule has 7 heteroatoms. The van der Waals surface area contributed by atoms with Crippen LogP contribution < -0.4 is 4.74 Å². The Hall–Kier alpha value is -3.35. The number of rotatable bonds is 5. The molecule has 2 atom stereocenters. The molecule has 2 aliphatic rings. The molecule has 2 fully saturated rings. The normalized spacial score (nSPS) is 19.9.